The van der Waals surface area contributed by atoms with Gasteiger partial charge in [-0.05, 0) is 118 Å². The number of ether oxygens (including phenoxy) is 2. The summed E-state index contributed by atoms with van der Waals surface area (Å²) < 4.78 is 12.0. The highest BCUT2D eigenvalue weighted by Crippen LogP contribution is 2.67. The molecule has 2 heterocycles. The van der Waals surface area contributed by atoms with Crippen LogP contribution in [-0.4, -0.2) is 63.9 Å². The summed E-state index contributed by atoms with van der Waals surface area (Å²) in [6.07, 6.45) is 9.51. The number of allylic oxidation sites excluding steroid dienone is 1. The second kappa shape index (κ2) is 9.94. The van der Waals surface area contributed by atoms with Crippen molar-refractivity contribution in [2.24, 2.45) is 45.4 Å². The van der Waals surface area contributed by atoms with Gasteiger partial charge in [-0.3, -0.25) is 4.99 Å². The molecule has 38 heavy (non-hydrogen) atoms. The third-order valence-corrected chi connectivity index (χ3v) is 12.7. The third kappa shape index (κ3) is 4.27. The zero-order valence-electron chi connectivity index (χ0n) is 24.2. The molecule has 0 aromatic rings. The molecule has 3 N–H and O–H groups in total. The van der Waals surface area contributed by atoms with Crippen LogP contribution in [0.15, 0.2) is 16.6 Å². The van der Waals surface area contributed by atoms with Crippen LogP contribution in [0.5, 0.6) is 0 Å². The number of rotatable bonds is 4. The molecule has 0 spiro atoms. The number of hydrogen-bond donors (Lipinski definition) is 3. The average Bonchev–Trinajstić information content (AvgIpc) is 3.48. The van der Waals surface area contributed by atoms with E-state index in [1.165, 1.54) is 56.2 Å². The van der Waals surface area contributed by atoms with E-state index in [1.54, 1.807) is 6.92 Å². The maximum atomic E-state index is 10.5. The Labute approximate surface area is 229 Å². The normalized spacial score (nSPS) is 53.4. The van der Waals surface area contributed by atoms with E-state index in [4.69, 9.17) is 14.5 Å². The Hall–Kier alpha value is -0.790. The summed E-state index contributed by atoms with van der Waals surface area (Å²) in [6, 6.07) is 0.540. The van der Waals surface area contributed by atoms with Crippen molar-refractivity contribution in [2.45, 2.75) is 142 Å². The third-order valence-electron chi connectivity index (χ3n) is 12.7. The molecular weight excluding hydrogens is 478 g/mol. The van der Waals surface area contributed by atoms with Gasteiger partial charge in [0.15, 0.2) is 6.29 Å². The molecule has 6 rings (SSSR count). The van der Waals surface area contributed by atoms with E-state index in [1.807, 2.05) is 0 Å². The zero-order valence-corrected chi connectivity index (χ0v) is 24.2. The molecule has 6 nitrogen and oxygen atoms in total. The average molecular weight is 530 g/mol. The molecule has 6 aliphatic rings. The van der Waals surface area contributed by atoms with E-state index in [0.717, 1.165) is 42.9 Å². The minimum absolute atomic E-state index is 0.0267. The minimum atomic E-state index is -1.24. The lowest BCUT2D eigenvalue weighted by Gasteiger charge is -2.58. The van der Waals surface area contributed by atoms with Gasteiger partial charge in [-0.2, -0.15) is 0 Å². The molecule has 214 valence electrons. The van der Waals surface area contributed by atoms with E-state index in [-0.39, 0.29) is 11.5 Å². The first kappa shape index (κ1) is 27.4. The lowest BCUT2D eigenvalue weighted by molar-refractivity contribution is -0.305. The lowest BCUT2D eigenvalue weighted by Crippen LogP contribution is -2.58. The van der Waals surface area contributed by atoms with E-state index in [2.05, 4.69) is 33.8 Å². The number of hydrogen-bond acceptors (Lipinski definition) is 6. The van der Waals surface area contributed by atoms with Gasteiger partial charge < -0.3 is 24.8 Å². The Kier molecular flexibility index (Phi) is 7.16. The minimum Gasteiger partial charge on any atom is -0.388 e. The van der Waals surface area contributed by atoms with Crippen molar-refractivity contribution in [2.75, 3.05) is 0 Å². The van der Waals surface area contributed by atoms with Gasteiger partial charge in [-0.25, -0.2) is 0 Å². The van der Waals surface area contributed by atoms with Gasteiger partial charge in [-0.15, -0.1) is 0 Å². The smallest absolute Gasteiger partial charge is 0.186 e. The number of nitrogens with zero attached hydrogens (tertiary/aromatic N) is 1. The second-order valence-electron chi connectivity index (χ2n) is 14.5. The SMILES string of the molecule is CC1=N[C@H]([C@@H](C)[C@H]2CC[C@H]3[C@@H]4CC=C5C[C@@H](O[C@@H]6O[C@H](C)[C@@H](O)[C@H](O)[C@H]6O)CC[C@]5(C)[C@H]4CC[C@]23C)CC1. The fraction of sp³-hybridized carbons (Fsp3) is 0.906. The van der Waals surface area contributed by atoms with Gasteiger partial charge in [0.1, 0.15) is 18.3 Å². The van der Waals surface area contributed by atoms with Crippen molar-refractivity contribution in [1.82, 2.24) is 0 Å². The Balaban J connectivity index is 1.15. The van der Waals surface area contributed by atoms with Gasteiger partial charge in [0.25, 0.3) is 0 Å². The fourth-order valence-corrected chi connectivity index (χ4v) is 10.4. The van der Waals surface area contributed by atoms with Crippen molar-refractivity contribution in [3.63, 3.8) is 0 Å². The Morgan fingerprint density at radius 3 is 2.53 bits per heavy atom. The molecule has 4 fully saturated rings. The maximum absolute atomic E-state index is 10.5. The van der Waals surface area contributed by atoms with Gasteiger partial charge >= 0.3 is 0 Å². The molecule has 0 aromatic heterocycles. The molecule has 0 aromatic carbocycles. The Bertz CT molecular complexity index is 965. The summed E-state index contributed by atoms with van der Waals surface area (Å²) in [5, 5.41) is 30.7. The highest BCUT2D eigenvalue weighted by atomic mass is 16.7. The molecule has 14 atom stereocenters. The van der Waals surface area contributed by atoms with Crippen LogP contribution in [0, 0.1) is 40.4 Å². The Morgan fingerprint density at radius 1 is 1.00 bits per heavy atom. The van der Waals surface area contributed by atoms with E-state index >= 15 is 0 Å². The molecular formula is C32H51NO5. The van der Waals surface area contributed by atoms with Crippen LogP contribution in [0.2, 0.25) is 0 Å². The fourth-order valence-electron chi connectivity index (χ4n) is 10.4. The number of aliphatic hydroxyl groups is 3. The summed E-state index contributed by atoms with van der Waals surface area (Å²) in [6.45, 7) is 11.6. The monoisotopic (exact) mass is 529 g/mol. The molecule has 3 saturated carbocycles. The Morgan fingerprint density at radius 2 is 1.79 bits per heavy atom. The van der Waals surface area contributed by atoms with Gasteiger partial charge in [0.2, 0.25) is 0 Å². The predicted octanol–water partition coefficient (Wildman–Crippen LogP) is 5.04. The predicted molar refractivity (Wildman–Crippen MR) is 148 cm³/mol. The van der Waals surface area contributed by atoms with Crippen molar-refractivity contribution in [3.05, 3.63) is 11.6 Å². The summed E-state index contributed by atoms with van der Waals surface area (Å²) in [5.74, 6) is 3.84. The highest BCUT2D eigenvalue weighted by Gasteiger charge is 2.60. The standard InChI is InChI=1S/C32H51NO5/c1-17-6-11-26(33-17)18(2)23-9-10-24-22-8-7-20-16-21(38-30-29(36)28(35)27(34)19(3)37-30)12-14-31(20,4)25(22)13-15-32(23,24)5/h7,18-19,21-30,34-36H,6,8-16H2,1-5H3/t18-,19+,21-,22-,23+,24-,25-,26-,27+,28-,29+,30-,31-,32+/m0/s1. The van der Waals surface area contributed by atoms with Crippen LogP contribution >= 0.6 is 0 Å². The van der Waals surface area contributed by atoms with Gasteiger partial charge in [-0.1, -0.05) is 32.4 Å². The topological polar surface area (TPSA) is 91.5 Å². The number of aliphatic imine (C=N–C) groups is 1. The van der Waals surface area contributed by atoms with Crippen molar-refractivity contribution >= 4 is 5.71 Å². The molecule has 0 radical (unpaired) electrons. The number of fused-ring (bicyclic) bond motifs is 5. The summed E-state index contributed by atoms with van der Waals surface area (Å²) in [5.41, 5.74) is 3.58. The number of aliphatic hydroxyl groups excluding tert-OH is 3. The second-order valence-corrected chi connectivity index (χ2v) is 14.5. The van der Waals surface area contributed by atoms with Crippen molar-refractivity contribution < 1.29 is 24.8 Å². The molecule has 0 amide bonds. The van der Waals surface area contributed by atoms with E-state index in [0.29, 0.717) is 17.4 Å². The quantitative estimate of drug-likeness (QED) is 0.444. The van der Waals surface area contributed by atoms with E-state index < -0.39 is 30.7 Å². The molecule has 6 heteroatoms. The molecule has 0 bridgehead atoms. The molecule has 1 saturated heterocycles. The zero-order chi connectivity index (χ0) is 27.0. The van der Waals surface area contributed by atoms with Crippen molar-refractivity contribution in [3.8, 4) is 0 Å². The molecule has 2 aliphatic heterocycles. The molecule has 0 unspecified atom stereocenters. The van der Waals surface area contributed by atoms with Gasteiger partial charge in [0, 0.05) is 5.71 Å². The lowest BCUT2D eigenvalue weighted by atomic mass is 9.47. The maximum Gasteiger partial charge on any atom is 0.186 e. The van der Waals surface area contributed by atoms with Crippen LogP contribution in [0.4, 0.5) is 0 Å². The van der Waals surface area contributed by atoms with Crippen LogP contribution in [0.1, 0.15) is 98.8 Å². The first-order valence-electron chi connectivity index (χ1n) is 15.6. The van der Waals surface area contributed by atoms with E-state index in [9.17, 15) is 15.3 Å². The van der Waals surface area contributed by atoms with Crippen LogP contribution in [0.25, 0.3) is 0 Å². The summed E-state index contributed by atoms with van der Waals surface area (Å²) >= 11 is 0. The van der Waals surface area contributed by atoms with Crippen LogP contribution in [0.3, 0.4) is 0 Å². The molecule has 4 aliphatic carbocycles. The highest BCUT2D eigenvalue weighted by molar-refractivity contribution is 5.83. The van der Waals surface area contributed by atoms with Crippen molar-refractivity contribution in [1.29, 1.82) is 0 Å². The van der Waals surface area contributed by atoms with Crippen LogP contribution in [-0.2, 0) is 9.47 Å². The first-order valence-corrected chi connectivity index (χ1v) is 15.6. The summed E-state index contributed by atoms with van der Waals surface area (Å²) in [4.78, 5) is 5.06. The largest absolute Gasteiger partial charge is 0.388 e. The van der Waals surface area contributed by atoms with Crippen LogP contribution < -0.4 is 0 Å². The first-order chi connectivity index (χ1) is 18.0. The van der Waals surface area contributed by atoms with Gasteiger partial charge in [0.05, 0.1) is 18.2 Å². The summed E-state index contributed by atoms with van der Waals surface area (Å²) in [7, 11) is 0.